The van der Waals surface area contributed by atoms with Crippen LogP contribution in [0.5, 0.6) is 5.88 Å². The maximum Gasteiger partial charge on any atom is 0.295 e. The summed E-state index contributed by atoms with van der Waals surface area (Å²) in [4.78, 5) is 35.1. The number of carbonyl (C=O) groups excluding carboxylic acids is 2. The fourth-order valence-corrected chi connectivity index (χ4v) is 6.58. The van der Waals surface area contributed by atoms with Gasteiger partial charge in [-0.1, -0.05) is 11.6 Å². The van der Waals surface area contributed by atoms with E-state index in [2.05, 4.69) is 20.4 Å². The number of ether oxygens (including phenoxy) is 1. The van der Waals surface area contributed by atoms with E-state index in [1.54, 1.807) is 19.1 Å². The number of nitrogens with one attached hydrogen (secondary N) is 1. The maximum absolute atomic E-state index is 15.0. The Balaban J connectivity index is 1.35. The van der Waals surface area contributed by atoms with Crippen LogP contribution in [0, 0.1) is 12.8 Å². The van der Waals surface area contributed by atoms with Crippen molar-refractivity contribution in [2.45, 2.75) is 42.8 Å². The van der Waals surface area contributed by atoms with Crippen molar-refractivity contribution in [3.05, 3.63) is 54.0 Å². The van der Waals surface area contributed by atoms with E-state index in [1.165, 1.54) is 42.3 Å². The number of fused-ring (bicyclic) bond motifs is 1. The first-order valence-corrected chi connectivity index (χ1v) is 15.5. The smallest absolute Gasteiger partial charge is 0.295 e. The quantitative estimate of drug-likeness (QED) is 0.250. The molecule has 6 rings (SSSR count). The molecule has 1 saturated carbocycles. The van der Waals surface area contributed by atoms with E-state index >= 15 is 0 Å². The van der Waals surface area contributed by atoms with E-state index < -0.39 is 58.8 Å². The number of aromatic nitrogens is 4. The second-order valence-electron chi connectivity index (χ2n) is 11.4. The number of rotatable bonds is 7. The molecule has 46 heavy (non-hydrogen) atoms. The second kappa shape index (κ2) is 11.2. The molecule has 0 radical (unpaired) electrons. The molecule has 17 heteroatoms. The predicted octanol–water partition coefficient (Wildman–Crippen LogP) is 2.93. The van der Waals surface area contributed by atoms with Crippen LogP contribution in [-0.4, -0.2) is 87.6 Å². The lowest BCUT2D eigenvalue weighted by molar-refractivity contribution is -0.159. The first kappa shape index (κ1) is 31.2. The molecule has 13 nitrogen and oxygen atoms in total. The molecule has 0 bridgehead atoms. The number of pyridine rings is 1. The zero-order chi connectivity index (χ0) is 33.1. The van der Waals surface area contributed by atoms with Crippen LogP contribution in [0.1, 0.15) is 28.8 Å². The number of hydrogen-bond donors (Lipinski definition) is 3. The molecule has 2 amide bonds. The highest BCUT2D eigenvalue weighted by atomic mass is 32.2. The standard InChI is InChI=1S/C29H28F3N7O6S/c1-14-3-4-23(46(42,43)44)17(5-14)18-7-22(39-24(18)25(33)35-13-36-39)15-6-19(27(45-2)34-10-15)26(40)37-21-12-38(11-20(21)30)28(41)16-8-29(31,32)9-16/h3-7,10,13,16,20-21H,8-9,11-12H2,1-2H3,(H,37,40)(H2,33,35,36)(H,42,43,44)/t20-,21+/m0/s1. The Morgan fingerprint density at radius 1 is 1.13 bits per heavy atom. The lowest BCUT2D eigenvalue weighted by Gasteiger charge is -2.36. The van der Waals surface area contributed by atoms with Gasteiger partial charge in [-0.05, 0) is 31.2 Å². The molecular weight excluding hydrogens is 631 g/mol. The average molecular weight is 660 g/mol. The number of halogens is 3. The molecular formula is C29H28F3N7O6S. The molecule has 1 saturated heterocycles. The summed E-state index contributed by atoms with van der Waals surface area (Å²) in [6.45, 7) is 1.20. The molecule has 0 unspecified atom stereocenters. The summed E-state index contributed by atoms with van der Waals surface area (Å²) in [5, 5.41) is 6.83. The monoisotopic (exact) mass is 659 g/mol. The summed E-state index contributed by atoms with van der Waals surface area (Å²) < 4.78 is 82.7. The zero-order valence-electron chi connectivity index (χ0n) is 24.4. The number of likely N-dealkylation sites (tertiary alicyclic amines) is 1. The number of hydrogen-bond acceptors (Lipinski definition) is 9. The molecule has 2 aliphatic rings. The zero-order valence-corrected chi connectivity index (χ0v) is 25.3. The minimum Gasteiger partial charge on any atom is -0.480 e. The van der Waals surface area contributed by atoms with E-state index in [-0.39, 0.29) is 51.9 Å². The van der Waals surface area contributed by atoms with Crippen molar-refractivity contribution in [3.63, 3.8) is 0 Å². The molecule has 1 aromatic carbocycles. The van der Waals surface area contributed by atoms with Gasteiger partial charge in [0.05, 0.1) is 25.4 Å². The van der Waals surface area contributed by atoms with Crippen molar-refractivity contribution in [2.75, 3.05) is 25.9 Å². The molecule has 4 N–H and O–H groups in total. The van der Waals surface area contributed by atoms with Crippen molar-refractivity contribution in [2.24, 2.45) is 5.92 Å². The van der Waals surface area contributed by atoms with Crippen LogP contribution >= 0.6 is 0 Å². The van der Waals surface area contributed by atoms with Crippen molar-refractivity contribution in [1.29, 1.82) is 0 Å². The van der Waals surface area contributed by atoms with Crippen LogP contribution in [0.2, 0.25) is 0 Å². The molecule has 3 aromatic heterocycles. The van der Waals surface area contributed by atoms with Gasteiger partial charge in [-0.25, -0.2) is 27.7 Å². The number of amides is 2. The minimum absolute atomic E-state index is 0.00146. The van der Waals surface area contributed by atoms with Crippen molar-refractivity contribution < 1.29 is 40.5 Å². The third kappa shape index (κ3) is 5.60. The van der Waals surface area contributed by atoms with Crippen LogP contribution in [0.15, 0.2) is 47.8 Å². The summed E-state index contributed by atoms with van der Waals surface area (Å²) in [6.07, 6.45) is -0.251. The van der Waals surface area contributed by atoms with Crippen LogP contribution in [0.25, 0.3) is 27.9 Å². The SMILES string of the molecule is COc1ncc(-c2cc(-c3cc(C)ccc3S(=O)(=O)O)c3c(N)ncnn23)cc1C(=O)N[C@@H]1CN(C(=O)C2CC(F)(F)C2)C[C@@H]1F. The highest BCUT2D eigenvalue weighted by molar-refractivity contribution is 7.86. The van der Waals surface area contributed by atoms with Gasteiger partial charge in [0.1, 0.15) is 28.5 Å². The van der Waals surface area contributed by atoms with Gasteiger partial charge in [0.25, 0.3) is 16.0 Å². The van der Waals surface area contributed by atoms with Crippen LogP contribution in [0.4, 0.5) is 19.0 Å². The Morgan fingerprint density at radius 3 is 2.54 bits per heavy atom. The molecule has 0 spiro atoms. The topological polar surface area (TPSA) is 182 Å². The predicted molar refractivity (Wildman–Crippen MR) is 158 cm³/mol. The van der Waals surface area contributed by atoms with Gasteiger partial charge in [-0.15, -0.1) is 0 Å². The minimum atomic E-state index is -4.66. The largest absolute Gasteiger partial charge is 0.480 e. The van der Waals surface area contributed by atoms with Gasteiger partial charge in [-0.3, -0.25) is 14.1 Å². The normalized spacial score (nSPS) is 19.7. The van der Waals surface area contributed by atoms with Gasteiger partial charge in [0.15, 0.2) is 5.82 Å². The Bertz CT molecular complexity index is 2000. The average Bonchev–Trinajstić information content (AvgIpc) is 3.55. The number of methoxy groups -OCH3 is 1. The Labute approximate surface area is 260 Å². The van der Waals surface area contributed by atoms with Crippen LogP contribution < -0.4 is 15.8 Å². The summed E-state index contributed by atoms with van der Waals surface area (Å²) in [6, 6.07) is 6.19. The molecule has 4 aromatic rings. The van der Waals surface area contributed by atoms with Gasteiger partial charge in [0, 0.05) is 48.2 Å². The number of nitrogen functional groups attached to an aromatic ring is 1. The first-order valence-electron chi connectivity index (χ1n) is 14.0. The summed E-state index contributed by atoms with van der Waals surface area (Å²) in [5.74, 6) is -5.23. The third-order valence-electron chi connectivity index (χ3n) is 8.19. The summed E-state index contributed by atoms with van der Waals surface area (Å²) in [7, 11) is -3.37. The van der Waals surface area contributed by atoms with Crippen molar-refractivity contribution in [3.8, 4) is 28.3 Å². The Hall–Kier alpha value is -4.77. The summed E-state index contributed by atoms with van der Waals surface area (Å²) >= 11 is 0. The molecule has 242 valence electrons. The highest BCUT2D eigenvalue weighted by Crippen LogP contribution is 2.44. The number of benzene rings is 1. The Morgan fingerprint density at radius 2 is 1.87 bits per heavy atom. The fraction of sp³-hybridized carbons (Fsp3) is 0.345. The van der Waals surface area contributed by atoms with Crippen molar-refractivity contribution in [1.82, 2.24) is 29.8 Å². The molecule has 4 heterocycles. The van der Waals surface area contributed by atoms with Gasteiger partial charge < -0.3 is 20.7 Å². The van der Waals surface area contributed by atoms with E-state index in [0.717, 1.165) is 4.90 Å². The van der Waals surface area contributed by atoms with Gasteiger partial charge in [-0.2, -0.15) is 13.5 Å². The van der Waals surface area contributed by atoms with Crippen molar-refractivity contribution >= 4 is 33.3 Å². The molecule has 1 aliphatic carbocycles. The van der Waals surface area contributed by atoms with Gasteiger partial charge in [0.2, 0.25) is 17.7 Å². The first-order chi connectivity index (χ1) is 21.7. The molecule has 1 aliphatic heterocycles. The van der Waals surface area contributed by atoms with E-state index in [1.807, 2.05) is 0 Å². The second-order valence-corrected chi connectivity index (χ2v) is 12.8. The lowest BCUT2D eigenvalue weighted by Crippen LogP contribution is -2.47. The van der Waals surface area contributed by atoms with Gasteiger partial charge >= 0.3 is 0 Å². The number of aryl methyl sites for hydroxylation is 1. The molecule has 2 fully saturated rings. The maximum atomic E-state index is 15.0. The van der Waals surface area contributed by atoms with Crippen LogP contribution in [-0.2, 0) is 14.9 Å². The highest BCUT2D eigenvalue weighted by Gasteiger charge is 2.51. The lowest BCUT2D eigenvalue weighted by atomic mass is 9.80. The number of carbonyl (C=O) groups is 2. The fourth-order valence-electron chi connectivity index (χ4n) is 5.90. The van der Waals surface area contributed by atoms with E-state index in [9.17, 15) is 35.7 Å². The number of anilines is 1. The molecule has 2 atom stereocenters. The number of alkyl halides is 3. The number of nitrogens with zero attached hydrogens (tertiary/aromatic N) is 5. The van der Waals surface area contributed by atoms with E-state index in [0.29, 0.717) is 16.8 Å². The Kier molecular flexibility index (Phi) is 7.63. The summed E-state index contributed by atoms with van der Waals surface area (Å²) in [5.41, 5.74) is 8.03. The number of nitrogens with two attached hydrogens (primary N) is 1. The third-order valence-corrected chi connectivity index (χ3v) is 9.10. The van der Waals surface area contributed by atoms with E-state index in [4.69, 9.17) is 10.5 Å². The van der Waals surface area contributed by atoms with Crippen LogP contribution in [0.3, 0.4) is 0 Å².